The van der Waals surface area contributed by atoms with Crippen molar-refractivity contribution in [3.8, 4) is 172 Å². The van der Waals surface area contributed by atoms with Crippen LogP contribution >= 0.6 is 0 Å². The number of aliphatic hydroxyl groups is 1. The van der Waals surface area contributed by atoms with Crippen LogP contribution in [-0.4, -0.2) is 248 Å². The zero-order valence-electron chi connectivity index (χ0n) is 67.2. The fourth-order valence-electron chi connectivity index (χ4n) is 11.7. The molecule has 3 unspecified atom stereocenters. The molecule has 7 atom stereocenters. The van der Waals surface area contributed by atoms with Gasteiger partial charge in [-0.15, -0.1) is 0 Å². The van der Waals surface area contributed by atoms with Gasteiger partial charge in [-0.1, -0.05) is 6.92 Å². The average Bonchev–Trinajstić information content (AvgIpc) is 0.762. The van der Waals surface area contributed by atoms with E-state index in [9.17, 15) is 166 Å². The Kier molecular flexibility index (Phi) is 28.6. The Morgan fingerprint density at radius 2 is 0.481 bits per heavy atom. The van der Waals surface area contributed by atoms with E-state index >= 15 is 14.4 Å². The van der Waals surface area contributed by atoms with E-state index in [-0.39, 0.29) is 18.2 Å². The average molecular weight is 1860 g/mol. The summed E-state index contributed by atoms with van der Waals surface area (Å²) in [6.45, 7) is 3.33. The van der Waals surface area contributed by atoms with Crippen LogP contribution in [0.4, 0.5) is 0 Å². The van der Waals surface area contributed by atoms with E-state index in [1.54, 1.807) is 6.92 Å². The van der Waals surface area contributed by atoms with E-state index in [0.717, 1.165) is 0 Å². The summed E-state index contributed by atoms with van der Waals surface area (Å²) < 4.78 is 65.3. The van der Waals surface area contributed by atoms with Crippen LogP contribution in [-0.2, 0) is 38.0 Å². The van der Waals surface area contributed by atoms with Crippen LogP contribution in [0.1, 0.15) is 137 Å². The van der Waals surface area contributed by atoms with Gasteiger partial charge in [-0.05, 0) is 135 Å². The lowest BCUT2D eigenvalue weighted by Gasteiger charge is -2.43. The quantitative estimate of drug-likeness (QED) is 0.0136. The monoisotopic (exact) mass is 1860 g/mol. The largest absolute Gasteiger partial charge is 0.504 e. The third-order valence-electron chi connectivity index (χ3n) is 18.4. The predicted molar refractivity (Wildman–Crippen MR) is 425 cm³/mol. The lowest BCUT2D eigenvalue weighted by molar-refractivity contribution is -0.282. The maximum atomic E-state index is 15.3. The Morgan fingerprint density at radius 3 is 0.714 bits per heavy atom. The molecule has 1 aliphatic heterocycles. The summed E-state index contributed by atoms with van der Waals surface area (Å²) in [5.74, 6) is -56.3. The number of phenols is 25. The summed E-state index contributed by atoms with van der Waals surface area (Å²) in [4.78, 5) is 153. The van der Waals surface area contributed by atoms with Crippen LogP contribution in [0.5, 0.6) is 172 Å². The second kappa shape index (κ2) is 39.4. The molecule has 133 heavy (non-hydrogen) atoms. The third kappa shape index (κ3) is 22.0. The van der Waals surface area contributed by atoms with Crippen LogP contribution in [0, 0.1) is 0 Å². The zero-order valence-corrected chi connectivity index (χ0v) is 67.2. The van der Waals surface area contributed by atoms with Gasteiger partial charge in [0.25, 0.3) is 0 Å². The standard InChI is InChI=1S/C76H52O46.C8H16O3/c77-32-1-22(2-33(78)53(32)92)67(103)113-47-16-27(11-42(87)58(47)97)66(102)112-21-52-63(119-72(108)28-12-43(88)59(98)48(17-28)114-68(104)23-3-34(79)54(93)35(80)4-23)64(120-73(109)29-13-44(89)60(99)49(18-29)115-69(105)24-5-36(81)55(94)37(82)6-24)65(121-74(110)30-14-45(90)61(100)50(19-30)116-70(106)25-7-38(83)56(95)39(84)8-25)76(118-52)122-75(111)31-15-46(91)62(101)51(20-31)117-71(107)26-9-40(85)57(96)41(86)10-26;1-4-8(10)5-6(2)11-7(3)9/h1-20,52,63-65,76-101H,21H2;6,8,10H,4-5H2,1-3H3/t52-,63-,64+,65-,76?;/m1./s1. The molecule has 0 aromatic heterocycles. The highest BCUT2D eigenvalue weighted by Gasteiger charge is 2.55. The minimum atomic E-state index is -3.12. The summed E-state index contributed by atoms with van der Waals surface area (Å²) in [6, 6.07) is 8.56. The first-order valence-electron chi connectivity index (χ1n) is 37.1. The first-order chi connectivity index (χ1) is 62.4. The molecule has 0 saturated carbocycles. The molecule has 0 bridgehead atoms. The molecule has 1 fully saturated rings. The second-order valence-corrected chi connectivity index (χ2v) is 27.8. The molecule has 0 spiro atoms. The molecule has 698 valence electrons. The second-order valence-electron chi connectivity index (χ2n) is 27.8. The number of hydrogen-bond donors (Lipinski definition) is 26. The highest BCUT2D eigenvalue weighted by atomic mass is 16.8. The van der Waals surface area contributed by atoms with Gasteiger partial charge in [-0.3, -0.25) is 4.79 Å². The van der Waals surface area contributed by atoms with Crippen molar-refractivity contribution in [2.24, 2.45) is 0 Å². The fraction of sp³-hybridized carbons (Fsp3) is 0.155. The molecule has 26 N–H and O–H groups in total. The number of aromatic hydroxyl groups is 25. The van der Waals surface area contributed by atoms with E-state index in [0.29, 0.717) is 134 Å². The Hall–Kier alpha value is -18.7. The Balaban J connectivity index is 0.00000156. The summed E-state index contributed by atoms with van der Waals surface area (Å²) in [7, 11) is 0. The molecule has 49 heteroatoms. The van der Waals surface area contributed by atoms with E-state index in [1.807, 2.05) is 6.92 Å². The number of benzene rings is 10. The molecular weight excluding hydrogens is 1790 g/mol. The lowest BCUT2D eigenvalue weighted by atomic mass is 9.97. The van der Waals surface area contributed by atoms with Crippen LogP contribution in [0.15, 0.2) is 121 Å². The molecule has 10 aromatic carbocycles. The number of rotatable bonds is 25. The summed E-state index contributed by atoms with van der Waals surface area (Å²) in [5, 5.41) is 270. The van der Waals surface area contributed by atoms with Crippen LogP contribution in [0.3, 0.4) is 0 Å². The molecule has 0 amide bonds. The maximum absolute atomic E-state index is 15.3. The van der Waals surface area contributed by atoms with Gasteiger partial charge >= 0.3 is 65.7 Å². The van der Waals surface area contributed by atoms with Crippen molar-refractivity contribution in [2.45, 2.75) is 76.5 Å². The number of carbonyl (C=O) groups excluding carboxylic acids is 11. The smallest absolute Gasteiger partial charge is 0.343 e. The Bertz CT molecular complexity index is 6270. The van der Waals surface area contributed by atoms with E-state index < -0.39 is 325 Å². The van der Waals surface area contributed by atoms with E-state index in [4.69, 9.17) is 61.9 Å². The number of hydrogen-bond acceptors (Lipinski definition) is 49. The summed E-state index contributed by atoms with van der Waals surface area (Å²) >= 11 is 0. The number of esters is 11. The molecule has 1 aliphatic rings. The third-order valence-corrected chi connectivity index (χ3v) is 18.4. The van der Waals surface area contributed by atoms with Crippen molar-refractivity contribution in [1.82, 2.24) is 0 Å². The molecule has 0 aliphatic carbocycles. The SMILES string of the molecule is CCC(O)CC(C)OC(C)=O.O=C(OC[C@H]1OC(OC(=O)c2cc(O)c(O)c(OC(=O)c3cc(O)c(O)c(O)c3)c2)[C@H](OC(=O)c2cc(O)c(O)c(OC(=O)c3cc(O)c(O)c(O)c3)c2)[C@@H](OC(=O)c2cc(O)c(O)c(OC(=O)c3cc(O)c(O)c(O)c3)c2)[C@@H]1OC(=O)c1cc(O)c(O)c(OC(=O)c2cc(O)c(O)c(O)c2)c1)c1cc(O)c(O)c(OC(=O)c2cc(O)c(O)c(O)c2)c1. The van der Waals surface area contributed by atoms with Crippen molar-refractivity contribution in [2.75, 3.05) is 6.61 Å². The van der Waals surface area contributed by atoms with Gasteiger partial charge < -0.3 is 190 Å². The highest BCUT2D eigenvalue weighted by Crippen LogP contribution is 2.48. The molecule has 49 nitrogen and oxygen atoms in total. The van der Waals surface area contributed by atoms with Crippen molar-refractivity contribution in [3.63, 3.8) is 0 Å². The number of carbonyl (C=O) groups is 11. The van der Waals surface area contributed by atoms with Crippen molar-refractivity contribution >= 4 is 65.7 Å². The minimum Gasteiger partial charge on any atom is -0.504 e. The van der Waals surface area contributed by atoms with Gasteiger partial charge in [0, 0.05) is 13.3 Å². The molecular formula is C84H68O49. The number of ether oxygens (including phenoxy) is 12. The van der Waals surface area contributed by atoms with Crippen LogP contribution in [0.25, 0.3) is 0 Å². The fourth-order valence-corrected chi connectivity index (χ4v) is 11.7. The topological polar surface area (TPSA) is 825 Å². The van der Waals surface area contributed by atoms with Crippen molar-refractivity contribution in [1.29, 1.82) is 0 Å². The maximum Gasteiger partial charge on any atom is 0.343 e. The summed E-state index contributed by atoms with van der Waals surface area (Å²) in [5.41, 5.74) is -9.89. The highest BCUT2D eigenvalue weighted by molar-refractivity contribution is 6.00. The summed E-state index contributed by atoms with van der Waals surface area (Å²) in [6.07, 6.45) is -14.4. The first-order valence-corrected chi connectivity index (χ1v) is 37.1. The molecule has 1 heterocycles. The van der Waals surface area contributed by atoms with Gasteiger partial charge in [-0.2, -0.15) is 0 Å². The molecule has 11 rings (SSSR count). The number of aliphatic hydroxyl groups excluding tert-OH is 1. The van der Waals surface area contributed by atoms with Gasteiger partial charge in [-0.25, -0.2) is 47.9 Å². The molecule has 1 saturated heterocycles. The van der Waals surface area contributed by atoms with Gasteiger partial charge in [0.05, 0.1) is 61.7 Å². The lowest BCUT2D eigenvalue weighted by Crippen LogP contribution is -2.63. The minimum absolute atomic E-state index is 0.178. The van der Waals surface area contributed by atoms with Crippen LogP contribution < -0.4 is 23.7 Å². The van der Waals surface area contributed by atoms with Gasteiger partial charge in [0.15, 0.2) is 156 Å². The number of phenolic OH excluding ortho intramolecular Hbond substituents is 25. The Labute approximate surface area is 737 Å². The zero-order chi connectivity index (χ0) is 98.2. The Morgan fingerprint density at radius 1 is 0.278 bits per heavy atom. The van der Waals surface area contributed by atoms with E-state index in [2.05, 4.69) is 0 Å². The van der Waals surface area contributed by atoms with Gasteiger partial charge in [0.2, 0.25) is 41.1 Å². The van der Waals surface area contributed by atoms with Crippen molar-refractivity contribution < 1.29 is 242 Å². The first kappa shape index (κ1) is 96.5. The van der Waals surface area contributed by atoms with Crippen LogP contribution in [0.2, 0.25) is 0 Å². The molecule has 10 aromatic rings. The van der Waals surface area contributed by atoms with Gasteiger partial charge in [0.1, 0.15) is 18.8 Å². The van der Waals surface area contributed by atoms with Crippen molar-refractivity contribution in [3.05, 3.63) is 177 Å². The van der Waals surface area contributed by atoms with E-state index in [1.165, 1.54) is 6.92 Å². The normalized spacial score (nSPS) is 14.7. The molecule has 0 radical (unpaired) electrons. The predicted octanol–water partition coefficient (Wildman–Crippen LogP) is 5.94.